The maximum atomic E-state index is 13.4. The Kier molecular flexibility index (Phi) is 4.16. The number of hydrogen-bond acceptors (Lipinski definition) is 7. The molecule has 2 fully saturated rings. The van der Waals surface area contributed by atoms with Crippen LogP contribution < -0.4 is 4.90 Å². The molecule has 154 valence electrons. The lowest BCUT2D eigenvalue weighted by Gasteiger charge is -2.57. The summed E-state index contributed by atoms with van der Waals surface area (Å²) in [7, 11) is 2.69. The van der Waals surface area contributed by atoms with Crippen LogP contribution in [-0.2, 0) is 20.7 Å². The predicted octanol–water partition coefficient (Wildman–Crippen LogP) is 1.17. The number of fused-ring (bicyclic) bond motifs is 4. The molecule has 0 N–H and O–H groups in total. The van der Waals surface area contributed by atoms with Gasteiger partial charge in [-0.05, 0) is 25.5 Å². The lowest BCUT2D eigenvalue weighted by atomic mass is 9.66. The summed E-state index contributed by atoms with van der Waals surface area (Å²) in [4.78, 5) is 53.8. The third-order valence-electron chi connectivity index (χ3n) is 6.19. The minimum Gasteiger partial charge on any atom is -0.372 e. The molecule has 1 spiro atoms. The number of anilines is 1. The molecule has 4 rings (SSSR count). The molecule has 0 radical (unpaired) electrons. The third kappa shape index (κ3) is 2.48. The highest BCUT2D eigenvalue weighted by Crippen LogP contribution is 2.49. The molecule has 0 aliphatic carbocycles. The molecule has 3 aliphatic rings. The number of amides is 4. The molecule has 0 aromatic heterocycles. The number of carbonyl (C=O) groups excluding carboxylic acids is 3. The molecule has 3 heterocycles. The smallest absolute Gasteiger partial charge is 0.332 e. The van der Waals surface area contributed by atoms with Gasteiger partial charge in [-0.15, -0.1) is 0 Å². The van der Waals surface area contributed by atoms with Gasteiger partial charge >= 0.3 is 6.03 Å². The number of nitro benzene ring substituents is 1. The summed E-state index contributed by atoms with van der Waals surface area (Å²) >= 11 is 0. The van der Waals surface area contributed by atoms with Gasteiger partial charge < -0.3 is 9.64 Å². The van der Waals surface area contributed by atoms with Crippen LogP contribution in [0.15, 0.2) is 18.2 Å². The summed E-state index contributed by atoms with van der Waals surface area (Å²) in [5.74, 6) is -1.22. The predicted molar refractivity (Wildman–Crippen MR) is 101 cm³/mol. The van der Waals surface area contributed by atoms with Crippen molar-refractivity contribution >= 4 is 29.2 Å². The maximum Gasteiger partial charge on any atom is 0.332 e. The number of barbiturate groups is 1. The second-order valence-corrected chi connectivity index (χ2v) is 7.98. The Morgan fingerprint density at radius 2 is 1.76 bits per heavy atom. The minimum atomic E-state index is -1.60. The van der Waals surface area contributed by atoms with Gasteiger partial charge in [0.1, 0.15) is 0 Å². The van der Waals surface area contributed by atoms with Crippen LogP contribution >= 0.6 is 0 Å². The van der Waals surface area contributed by atoms with Crippen LogP contribution in [0.4, 0.5) is 16.2 Å². The quantitative estimate of drug-likeness (QED) is 0.394. The molecule has 3 atom stereocenters. The van der Waals surface area contributed by atoms with Gasteiger partial charge in [0.25, 0.3) is 5.69 Å². The SMILES string of the molecule is C[C@@H]1CN2c3ccc([N+](=O)[O-])cc3CC3(C(=O)N(C)C(=O)N(C)C3=O)[C@H]2[C@H](C)O1. The Morgan fingerprint density at radius 3 is 2.34 bits per heavy atom. The van der Waals surface area contributed by atoms with E-state index in [-0.39, 0.29) is 18.2 Å². The molecule has 10 heteroatoms. The Morgan fingerprint density at radius 1 is 1.14 bits per heavy atom. The van der Waals surface area contributed by atoms with Crippen LogP contribution in [0.1, 0.15) is 19.4 Å². The number of urea groups is 1. The third-order valence-corrected chi connectivity index (χ3v) is 6.19. The average Bonchev–Trinajstić information content (AvgIpc) is 2.68. The molecule has 4 amide bonds. The second kappa shape index (κ2) is 6.24. The number of nitrogens with zero attached hydrogens (tertiary/aromatic N) is 4. The first-order valence-electron chi connectivity index (χ1n) is 9.39. The monoisotopic (exact) mass is 402 g/mol. The summed E-state index contributed by atoms with van der Waals surface area (Å²) in [6.45, 7) is 4.12. The van der Waals surface area contributed by atoms with E-state index >= 15 is 0 Å². The van der Waals surface area contributed by atoms with E-state index in [9.17, 15) is 24.5 Å². The van der Waals surface area contributed by atoms with Crippen molar-refractivity contribution in [3.8, 4) is 0 Å². The number of imide groups is 2. The lowest BCUT2D eigenvalue weighted by Crippen LogP contribution is -2.75. The van der Waals surface area contributed by atoms with Crippen LogP contribution in [0.25, 0.3) is 0 Å². The first-order valence-corrected chi connectivity index (χ1v) is 9.39. The van der Waals surface area contributed by atoms with Gasteiger partial charge in [0.15, 0.2) is 5.41 Å². The van der Waals surface area contributed by atoms with E-state index in [1.165, 1.54) is 26.2 Å². The standard InChI is InChI=1S/C19H22N4O6/c1-10-9-22-14-6-5-13(23(27)28)7-12(14)8-19(15(22)11(2)29-10)16(24)20(3)18(26)21(4)17(19)25/h5-7,10-11,15H,8-9H2,1-4H3/t10-,11+,15-/m1/s1. The van der Waals surface area contributed by atoms with Crippen LogP contribution in [0.5, 0.6) is 0 Å². The maximum absolute atomic E-state index is 13.4. The highest BCUT2D eigenvalue weighted by Gasteiger charge is 2.65. The fraction of sp³-hybridized carbons (Fsp3) is 0.526. The molecule has 1 aromatic rings. The van der Waals surface area contributed by atoms with Crippen molar-refractivity contribution in [1.29, 1.82) is 0 Å². The Labute approximate surface area is 167 Å². The molecule has 1 aromatic carbocycles. The van der Waals surface area contributed by atoms with E-state index in [2.05, 4.69) is 0 Å². The highest BCUT2D eigenvalue weighted by molar-refractivity contribution is 6.20. The van der Waals surface area contributed by atoms with E-state index in [1.807, 2.05) is 18.7 Å². The van der Waals surface area contributed by atoms with Crippen LogP contribution in [0, 0.1) is 15.5 Å². The first kappa shape index (κ1) is 19.3. The number of ether oxygens (including phenoxy) is 1. The first-order chi connectivity index (χ1) is 13.6. The van der Waals surface area contributed by atoms with Crippen molar-refractivity contribution in [3.63, 3.8) is 0 Å². The van der Waals surface area contributed by atoms with E-state index in [0.717, 1.165) is 15.5 Å². The second-order valence-electron chi connectivity index (χ2n) is 7.98. The average molecular weight is 402 g/mol. The number of nitro groups is 1. The highest BCUT2D eigenvalue weighted by atomic mass is 16.6. The molecule has 0 saturated carbocycles. The van der Waals surface area contributed by atoms with Crippen molar-refractivity contribution in [3.05, 3.63) is 33.9 Å². The van der Waals surface area contributed by atoms with E-state index in [4.69, 9.17) is 4.74 Å². The van der Waals surface area contributed by atoms with Gasteiger partial charge in [0, 0.05) is 44.9 Å². The van der Waals surface area contributed by atoms with Crippen molar-refractivity contribution < 1.29 is 24.0 Å². The van der Waals surface area contributed by atoms with Gasteiger partial charge in [-0.1, -0.05) is 0 Å². The Hall–Kier alpha value is -3.01. The van der Waals surface area contributed by atoms with E-state index in [1.54, 1.807) is 6.07 Å². The van der Waals surface area contributed by atoms with Crippen molar-refractivity contribution in [2.24, 2.45) is 5.41 Å². The molecule has 10 nitrogen and oxygen atoms in total. The van der Waals surface area contributed by atoms with E-state index in [0.29, 0.717) is 12.1 Å². The van der Waals surface area contributed by atoms with Crippen molar-refractivity contribution in [2.75, 3.05) is 25.5 Å². The number of rotatable bonds is 1. The van der Waals surface area contributed by atoms with Crippen LogP contribution in [-0.4, -0.2) is 71.5 Å². The summed E-state index contributed by atoms with van der Waals surface area (Å²) in [6, 6.07) is 3.17. The molecular weight excluding hydrogens is 380 g/mol. The van der Waals surface area contributed by atoms with E-state index < -0.39 is 40.3 Å². The zero-order valence-electron chi connectivity index (χ0n) is 16.6. The number of hydrogen-bond donors (Lipinski definition) is 0. The van der Waals surface area contributed by atoms with Crippen LogP contribution in [0.3, 0.4) is 0 Å². The topological polar surface area (TPSA) is 113 Å². The van der Waals surface area contributed by atoms with Gasteiger partial charge in [-0.25, -0.2) is 4.79 Å². The zero-order valence-corrected chi connectivity index (χ0v) is 16.6. The molecule has 0 bridgehead atoms. The normalized spacial score (nSPS) is 28.5. The molecule has 3 aliphatic heterocycles. The fourth-order valence-electron chi connectivity index (χ4n) is 5.05. The summed E-state index contributed by atoms with van der Waals surface area (Å²) in [5.41, 5.74) is -0.426. The number of benzene rings is 1. The van der Waals surface area contributed by atoms with Crippen molar-refractivity contribution in [2.45, 2.75) is 38.5 Å². The summed E-state index contributed by atoms with van der Waals surface area (Å²) < 4.78 is 5.98. The molecule has 2 saturated heterocycles. The molecular formula is C19H22N4O6. The summed E-state index contributed by atoms with van der Waals surface area (Å²) in [6.07, 6.45) is -0.664. The zero-order chi connectivity index (χ0) is 21.2. The number of morpholine rings is 1. The minimum absolute atomic E-state index is 0.0348. The van der Waals surface area contributed by atoms with Gasteiger partial charge in [-0.2, -0.15) is 0 Å². The fourth-order valence-corrected chi connectivity index (χ4v) is 5.05. The van der Waals surface area contributed by atoms with Gasteiger partial charge in [0.2, 0.25) is 11.8 Å². The molecule has 29 heavy (non-hydrogen) atoms. The van der Waals surface area contributed by atoms with Gasteiger partial charge in [-0.3, -0.25) is 29.5 Å². The molecule has 0 unspecified atom stereocenters. The number of carbonyl (C=O) groups is 3. The van der Waals surface area contributed by atoms with Gasteiger partial charge in [0.05, 0.1) is 23.2 Å². The van der Waals surface area contributed by atoms with Crippen molar-refractivity contribution in [1.82, 2.24) is 9.80 Å². The largest absolute Gasteiger partial charge is 0.372 e. The summed E-state index contributed by atoms with van der Waals surface area (Å²) in [5, 5.41) is 11.3. The Bertz CT molecular complexity index is 923. The lowest BCUT2D eigenvalue weighted by molar-refractivity contribution is -0.384. The Balaban J connectivity index is 1.96. The number of non-ortho nitro benzene ring substituents is 1. The van der Waals surface area contributed by atoms with Crippen LogP contribution in [0.2, 0.25) is 0 Å².